The van der Waals surface area contributed by atoms with Gasteiger partial charge >= 0.3 is 0 Å². The Bertz CT molecular complexity index is 55.6. The Morgan fingerprint density at radius 2 is 1.67 bits per heavy atom. The van der Waals surface area contributed by atoms with Crippen molar-refractivity contribution in [2.24, 2.45) is 5.92 Å². The molecule has 0 aliphatic heterocycles. The summed E-state index contributed by atoms with van der Waals surface area (Å²) in [6, 6.07) is 0. The van der Waals surface area contributed by atoms with E-state index < -0.39 is 0 Å². The molecular weight excluding hydrogens is 128 g/mol. The highest BCUT2D eigenvalue weighted by molar-refractivity contribution is 7.80. The highest BCUT2D eigenvalue weighted by Gasteiger charge is 2.05. The Labute approximate surface area is 64.4 Å². The van der Waals surface area contributed by atoms with Gasteiger partial charge in [0.2, 0.25) is 0 Å². The Kier molecular flexibility index (Phi) is 5.36. The third kappa shape index (κ3) is 4.83. The van der Waals surface area contributed by atoms with Crippen LogP contribution < -0.4 is 0 Å². The van der Waals surface area contributed by atoms with Gasteiger partial charge in [-0.3, -0.25) is 0 Å². The lowest BCUT2D eigenvalue weighted by Crippen LogP contribution is -2.03. The minimum Gasteiger partial charge on any atom is -0.176 e. The molecular formula is C8H18S. The molecule has 0 aliphatic rings. The molecule has 0 N–H and O–H groups in total. The largest absolute Gasteiger partial charge is 0.176 e. The minimum absolute atomic E-state index is 0.579. The van der Waals surface area contributed by atoms with Crippen LogP contribution in [0.15, 0.2) is 0 Å². The number of hydrogen-bond donors (Lipinski definition) is 1. The molecule has 0 aromatic carbocycles. The van der Waals surface area contributed by atoms with E-state index in [0.29, 0.717) is 5.25 Å². The van der Waals surface area contributed by atoms with E-state index in [1.165, 1.54) is 19.3 Å². The third-order valence-corrected chi connectivity index (χ3v) is 2.04. The molecule has 0 saturated heterocycles. The van der Waals surface area contributed by atoms with E-state index in [9.17, 15) is 0 Å². The molecule has 0 fully saturated rings. The van der Waals surface area contributed by atoms with E-state index in [2.05, 4.69) is 33.4 Å². The number of hydrogen-bond acceptors (Lipinski definition) is 1. The minimum atomic E-state index is 0.579. The Balaban J connectivity index is 3.31. The standard InChI is InChI=1S/C8H18S/c1-4-8(5-2)6-7(3)9/h7-9H,4-6H2,1-3H3. The maximum Gasteiger partial charge on any atom is -0.000896 e. The predicted molar refractivity (Wildman–Crippen MR) is 47.1 cm³/mol. The molecule has 1 atom stereocenters. The van der Waals surface area contributed by atoms with E-state index >= 15 is 0 Å². The van der Waals surface area contributed by atoms with Gasteiger partial charge in [-0.05, 0) is 17.6 Å². The highest BCUT2D eigenvalue weighted by Crippen LogP contribution is 2.16. The van der Waals surface area contributed by atoms with Crippen molar-refractivity contribution < 1.29 is 0 Å². The van der Waals surface area contributed by atoms with Gasteiger partial charge in [-0.25, -0.2) is 0 Å². The molecule has 1 unspecified atom stereocenters. The van der Waals surface area contributed by atoms with E-state index in [4.69, 9.17) is 0 Å². The molecule has 0 saturated carbocycles. The SMILES string of the molecule is CCC(CC)CC(C)S. The van der Waals surface area contributed by atoms with Crippen LogP contribution in [0.4, 0.5) is 0 Å². The fourth-order valence-electron chi connectivity index (χ4n) is 1.10. The van der Waals surface area contributed by atoms with Gasteiger partial charge in [-0.2, -0.15) is 12.6 Å². The average Bonchev–Trinajstić information content (AvgIpc) is 1.82. The topological polar surface area (TPSA) is 0 Å². The summed E-state index contributed by atoms with van der Waals surface area (Å²) in [6.07, 6.45) is 3.89. The van der Waals surface area contributed by atoms with Crippen molar-refractivity contribution in [2.45, 2.75) is 45.3 Å². The molecule has 9 heavy (non-hydrogen) atoms. The highest BCUT2D eigenvalue weighted by atomic mass is 32.1. The first-order valence-electron chi connectivity index (χ1n) is 3.88. The second-order valence-corrected chi connectivity index (χ2v) is 3.65. The van der Waals surface area contributed by atoms with E-state index in [1.54, 1.807) is 0 Å². The first kappa shape index (κ1) is 9.35. The van der Waals surface area contributed by atoms with Crippen molar-refractivity contribution in [2.75, 3.05) is 0 Å². The van der Waals surface area contributed by atoms with Crippen molar-refractivity contribution in [3.05, 3.63) is 0 Å². The molecule has 0 nitrogen and oxygen atoms in total. The summed E-state index contributed by atoms with van der Waals surface area (Å²) in [5.74, 6) is 0.900. The molecule has 0 radical (unpaired) electrons. The van der Waals surface area contributed by atoms with Gasteiger partial charge in [0.15, 0.2) is 0 Å². The van der Waals surface area contributed by atoms with Gasteiger partial charge in [0, 0.05) is 0 Å². The molecule has 1 heteroatoms. The van der Waals surface area contributed by atoms with E-state index in [1.807, 2.05) is 0 Å². The summed E-state index contributed by atoms with van der Waals surface area (Å²) in [4.78, 5) is 0. The van der Waals surface area contributed by atoms with Crippen molar-refractivity contribution in [3.8, 4) is 0 Å². The summed E-state index contributed by atoms with van der Waals surface area (Å²) >= 11 is 4.35. The van der Waals surface area contributed by atoms with Gasteiger partial charge in [0.05, 0.1) is 0 Å². The van der Waals surface area contributed by atoms with Crippen LogP contribution in [-0.2, 0) is 0 Å². The molecule has 0 aromatic rings. The van der Waals surface area contributed by atoms with Gasteiger partial charge in [-0.1, -0.05) is 33.6 Å². The lowest BCUT2D eigenvalue weighted by molar-refractivity contribution is 0.457. The Hall–Kier alpha value is 0.350. The van der Waals surface area contributed by atoms with Crippen molar-refractivity contribution in [3.63, 3.8) is 0 Å². The zero-order valence-electron chi connectivity index (χ0n) is 6.72. The fraction of sp³-hybridized carbons (Fsp3) is 1.00. The van der Waals surface area contributed by atoms with Crippen LogP contribution in [0.25, 0.3) is 0 Å². The summed E-state index contributed by atoms with van der Waals surface area (Å²) in [7, 11) is 0. The molecule has 0 aromatic heterocycles. The van der Waals surface area contributed by atoms with Gasteiger partial charge < -0.3 is 0 Å². The summed E-state index contributed by atoms with van der Waals surface area (Å²) < 4.78 is 0. The van der Waals surface area contributed by atoms with Crippen LogP contribution in [0.2, 0.25) is 0 Å². The van der Waals surface area contributed by atoms with Crippen LogP contribution in [-0.4, -0.2) is 5.25 Å². The maximum absolute atomic E-state index is 4.35. The fourth-order valence-corrected chi connectivity index (χ4v) is 1.40. The molecule has 0 amide bonds. The summed E-state index contributed by atoms with van der Waals surface area (Å²) in [6.45, 7) is 6.68. The van der Waals surface area contributed by atoms with Gasteiger partial charge in [-0.15, -0.1) is 0 Å². The van der Waals surface area contributed by atoms with E-state index in [-0.39, 0.29) is 0 Å². The molecule has 56 valence electrons. The summed E-state index contributed by atoms with van der Waals surface area (Å²) in [5.41, 5.74) is 0. The second kappa shape index (κ2) is 5.16. The molecule has 0 rings (SSSR count). The van der Waals surface area contributed by atoms with Crippen molar-refractivity contribution >= 4 is 12.6 Å². The molecule has 0 heterocycles. The van der Waals surface area contributed by atoms with Crippen LogP contribution in [0, 0.1) is 5.92 Å². The van der Waals surface area contributed by atoms with Crippen LogP contribution >= 0.6 is 12.6 Å². The van der Waals surface area contributed by atoms with Gasteiger partial charge in [0.1, 0.15) is 0 Å². The van der Waals surface area contributed by atoms with Crippen molar-refractivity contribution in [1.29, 1.82) is 0 Å². The lowest BCUT2D eigenvalue weighted by atomic mass is 9.98. The number of rotatable bonds is 4. The van der Waals surface area contributed by atoms with Crippen LogP contribution in [0.1, 0.15) is 40.0 Å². The molecule has 0 aliphatic carbocycles. The van der Waals surface area contributed by atoms with E-state index in [0.717, 1.165) is 5.92 Å². The normalized spacial score (nSPS) is 14.3. The maximum atomic E-state index is 4.35. The predicted octanol–water partition coefficient (Wildman–Crippen LogP) is 3.13. The van der Waals surface area contributed by atoms with Gasteiger partial charge in [0.25, 0.3) is 0 Å². The monoisotopic (exact) mass is 146 g/mol. The van der Waals surface area contributed by atoms with Crippen LogP contribution in [0.5, 0.6) is 0 Å². The third-order valence-electron chi connectivity index (χ3n) is 1.83. The van der Waals surface area contributed by atoms with Crippen molar-refractivity contribution in [1.82, 2.24) is 0 Å². The molecule has 0 bridgehead atoms. The quantitative estimate of drug-likeness (QED) is 0.579. The lowest BCUT2D eigenvalue weighted by Gasteiger charge is -2.13. The smallest absolute Gasteiger partial charge is 0.000896 e. The summed E-state index contributed by atoms with van der Waals surface area (Å²) in [5, 5.41) is 0.579. The first-order chi connectivity index (χ1) is 4.20. The first-order valence-corrected chi connectivity index (χ1v) is 4.40. The Morgan fingerprint density at radius 3 is 1.78 bits per heavy atom. The zero-order chi connectivity index (χ0) is 7.28. The number of thiol groups is 1. The van der Waals surface area contributed by atoms with Crippen LogP contribution in [0.3, 0.4) is 0 Å². The zero-order valence-corrected chi connectivity index (χ0v) is 7.62. The second-order valence-electron chi connectivity index (χ2n) is 2.77. The average molecular weight is 146 g/mol. The Morgan fingerprint density at radius 1 is 1.22 bits per heavy atom. The molecule has 0 spiro atoms.